The van der Waals surface area contributed by atoms with Gasteiger partial charge < -0.3 is 5.11 Å². The van der Waals surface area contributed by atoms with E-state index in [0.29, 0.717) is 50.3 Å². The molecule has 1 aliphatic heterocycles. The third-order valence-corrected chi connectivity index (χ3v) is 4.79. The Kier molecular flexibility index (Phi) is 4.94. The number of nitrogens with zero attached hydrogens (tertiary/aromatic N) is 4. The van der Waals surface area contributed by atoms with Crippen molar-refractivity contribution in [1.82, 2.24) is 25.3 Å². The van der Waals surface area contributed by atoms with Crippen molar-refractivity contribution in [3.05, 3.63) is 41.5 Å². The summed E-state index contributed by atoms with van der Waals surface area (Å²) < 4.78 is 37.7. The first-order valence-corrected chi connectivity index (χ1v) is 8.11. The molecule has 3 rings (SSSR count). The van der Waals surface area contributed by atoms with Gasteiger partial charge in [-0.1, -0.05) is 0 Å². The van der Waals surface area contributed by atoms with E-state index in [-0.39, 0.29) is 0 Å². The normalized spacial score (nSPS) is 18.0. The molecule has 2 aromatic rings. The number of H-pyrrole nitrogens is 1. The quantitative estimate of drug-likeness (QED) is 0.838. The standard InChI is InChI=1S/C16H18F3N5O2/c17-16(18,19)11-1-2-12(20-8-11)10-24-5-3-15(4-6-24,14(25)26)7-13-9-21-23-22-13/h1-2,8-9H,3-7,10H2,(H,25,26)(H,21,22,23). The number of carboxylic acid groups (broad SMARTS) is 1. The number of hydrogen-bond donors (Lipinski definition) is 2. The summed E-state index contributed by atoms with van der Waals surface area (Å²) in [7, 11) is 0. The van der Waals surface area contributed by atoms with Crippen LogP contribution in [0.5, 0.6) is 0 Å². The average molecular weight is 369 g/mol. The lowest BCUT2D eigenvalue weighted by Gasteiger charge is -2.38. The molecule has 0 radical (unpaired) electrons. The lowest BCUT2D eigenvalue weighted by atomic mass is 9.75. The minimum Gasteiger partial charge on any atom is -0.481 e. The molecule has 10 heteroatoms. The van der Waals surface area contributed by atoms with E-state index in [1.54, 1.807) is 0 Å². The molecule has 2 N–H and O–H groups in total. The van der Waals surface area contributed by atoms with Crippen molar-refractivity contribution in [2.24, 2.45) is 5.41 Å². The van der Waals surface area contributed by atoms with Crippen LogP contribution in [-0.4, -0.2) is 49.5 Å². The summed E-state index contributed by atoms with van der Waals surface area (Å²) in [6.07, 6.45) is -0.912. The average Bonchev–Trinajstić information content (AvgIpc) is 3.09. The zero-order chi connectivity index (χ0) is 18.8. The molecule has 0 spiro atoms. The van der Waals surface area contributed by atoms with Gasteiger partial charge in [-0.05, 0) is 38.1 Å². The van der Waals surface area contributed by atoms with E-state index < -0.39 is 23.1 Å². The Bertz CT molecular complexity index is 738. The van der Waals surface area contributed by atoms with Gasteiger partial charge in [-0.2, -0.15) is 28.6 Å². The highest BCUT2D eigenvalue weighted by molar-refractivity contribution is 5.75. The second kappa shape index (κ2) is 7.02. The van der Waals surface area contributed by atoms with E-state index in [9.17, 15) is 23.1 Å². The molecule has 0 amide bonds. The van der Waals surface area contributed by atoms with Crippen LogP contribution in [0.4, 0.5) is 13.2 Å². The molecule has 0 unspecified atom stereocenters. The summed E-state index contributed by atoms with van der Waals surface area (Å²) in [5.74, 6) is -0.868. The van der Waals surface area contributed by atoms with E-state index in [2.05, 4.69) is 20.4 Å². The van der Waals surface area contributed by atoms with Gasteiger partial charge in [-0.25, -0.2) is 0 Å². The van der Waals surface area contributed by atoms with E-state index in [1.165, 1.54) is 12.3 Å². The first-order chi connectivity index (χ1) is 12.3. The number of aromatic amines is 1. The molecular weight excluding hydrogens is 351 g/mol. The van der Waals surface area contributed by atoms with Crippen LogP contribution < -0.4 is 0 Å². The molecule has 3 heterocycles. The minimum absolute atomic E-state index is 0.297. The third-order valence-electron chi connectivity index (χ3n) is 4.79. The number of carbonyl (C=O) groups is 1. The molecule has 140 valence electrons. The molecule has 0 aromatic carbocycles. The first kappa shape index (κ1) is 18.3. The van der Waals surface area contributed by atoms with Gasteiger partial charge in [0.05, 0.1) is 28.6 Å². The Balaban J connectivity index is 1.61. The van der Waals surface area contributed by atoms with Crippen LogP contribution in [0.2, 0.25) is 0 Å². The summed E-state index contributed by atoms with van der Waals surface area (Å²) in [4.78, 5) is 17.7. The molecule has 1 saturated heterocycles. The molecule has 26 heavy (non-hydrogen) atoms. The monoisotopic (exact) mass is 369 g/mol. The molecule has 2 aromatic heterocycles. The number of halogens is 3. The van der Waals surface area contributed by atoms with E-state index in [1.807, 2.05) is 4.90 Å². The fourth-order valence-corrected chi connectivity index (χ4v) is 3.18. The topological polar surface area (TPSA) is 95.0 Å². The fraction of sp³-hybridized carbons (Fsp3) is 0.500. The van der Waals surface area contributed by atoms with Crippen LogP contribution in [-0.2, 0) is 23.9 Å². The maximum atomic E-state index is 12.6. The van der Waals surface area contributed by atoms with Gasteiger partial charge in [0.2, 0.25) is 0 Å². The predicted molar refractivity (Wildman–Crippen MR) is 83.9 cm³/mol. The number of carboxylic acids is 1. The van der Waals surface area contributed by atoms with E-state index >= 15 is 0 Å². The van der Waals surface area contributed by atoms with Crippen molar-refractivity contribution < 1.29 is 23.1 Å². The lowest BCUT2D eigenvalue weighted by Crippen LogP contribution is -2.45. The number of alkyl halides is 3. The summed E-state index contributed by atoms with van der Waals surface area (Å²) in [6.45, 7) is 1.43. The number of likely N-dealkylation sites (tertiary alicyclic amines) is 1. The van der Waals surface area contributed by atoms with Crippen molar-refractivity contribution in [2.75, 3.05) is 13.1 Å². The van der Waals surface area contributed by atoms with Gasteiger partial charge in [-0.3, -0.25) is 14.7 Å². The maximum absolute atomic E-state index is 12.6. The molecule has 0 aliphatic carbocycles. The SMILES string of the molecule is O=C(O)C1(Cc2cn[nH]n2)CCN(Cc2ccc(C(F)(F)F)cn2)CC1. The predicted octanol–water partition coefficient (Wildman–Crippen LogP) is 2.13. The van der Waals surface area contributed by atoms with Gasteiger partial charge in [0.1, 0.15) is 0 Å². The Morgan fingerprint density at radius 1 is 1.23 bits per heavy atom. The van der Waals surface area contributed by atoms with Gasteiger partial charge in [-0.15, -0.1) is 0 Å². The van der Waals surface area contributed by atoms with Crippen molar-refractivity contribution in [3.8, 4) is 0 Å². The molecule has 7 nitrogen and oxygen atoms in total. The van der Waals surface area contributed by atoms with Crippen LogP contribution in [0.15, 0.2) is 24.5 Å². The Labute approximate surface area is 147 Å². The van der Waals surface area contributed by atoms with Crippen LogP contribution in [0.25, 0.3) is 0 Å². The summed E-state index contributed by atoms with van der Waals surface area (Å²) in [5, 5.41) is 19.8. The largest absolute Gasteiger partial charge is 0.481 e. The van der Waals surface area contributed by atoms with Crippen LogP contribution in [0, 0.1) is 5.41 Å². The number of rotatable bonds is 5. The van der Waals surface area contributed by atoms with Gasteiger partial charge in [0, 0.05) is 19.2 Å². The van der Waals surface area contributed by atoms with Gasteiger partial charge in [0.25, 0.3) is 0 Å². The smallest absolute Gasteiger partial charge is 0.417 e. The van der Waals surface area contributed by atoms with E-state index in [0.717, 1.165) is 12.3 Å². The Hall–Kier alpha value is -2.49. The molecule has 1 aliphatic rings. The summed E-state index contributed by atoms with van der Waals surface area (Å²) in [6, 6.07) is 2.37. The first-order valence-electron chi connectivity index (χ1n) is 8.11. The summed E-state index contributed by atoms with van der Waals surface area (Å²) >= 11 is 0. The van der Waals surface area contributed by atoms with Crippen molar-refractivity contribution in [1.29, 1.82) is 0 Å². The second-order valence-corrected chi connectivity index (χ2v) is 6.54. The molecular formula is C16H18F3N5O2. The number of aromatic nitrogens is 4. The highest BCUT2D eigenvalue weighted by Gasteiger charge is 2.42. The highest BCUT2D eigenvalue weighted by atomic mass is 19.4. The van der Waals surface area contributed by atoms with Crippen LogP contribution in [0.3, 0.4) is 0 Å². The second-order valence-electron chi connectivity index (χ2n) is 6.54. The van der Waals surface area contributed by atoms with Crippen molar-refractivity contribution in [3.63, 3.8) is 0 Å². The highest BCUT2D eigenvalue weighted by Crippen LogP contribution is 2.35. The Morgan fingerprint density at radius 2 is 1.96 bits per heavy atom. The fourth-order valence-electron chi connectivity index (χ4n) is 3.18. The number of piperidine rings is 1. The lowest BCUT2D eigenvalue weighted by molar-refractivity contribution is -0.152. The van der Waals surface area contributed by atoms with Crippen molar-refractivity contribution in [2.45, 2.75) is 32.0 Å². The zero-order valence-corrected chi connectivity index (χ0v) is 13.8. The zero-order valence-electron chi connectivity index (χ0n) is 13.8. The molecule has 1 fully saturated rings. The van der Waals surface area contributed by atoms with Crippen LogP contribution in [0.1, 0.15) is 29.8 Å². The number of nitrogens with one attached hydrogen (secondary N) is 1. The van der Waals surface area contributed by atoms with Gasteiger partial charge >= 0.3 is 12.1 Å². The number of hydrogen-bond acceptors (Lipinski definition) is 5. The third kappa shape index (κ3) is 4.01. The maximum Gasteiger partial charge on any atom is 0.417 e. The van der Waals surface area contributed by atoms with Crippen LogP contribution >= 0.6 is 0 Å². The molecule has 0 saturated carbocycles. The molecule has 0 atom stereocenters. The number of pyridine rings is 1. The van der Waals surface area contributed by atoms with Gasteiger partial charge in [0.15, 0.2) is 0 Å². The summed E-state index contributed by atoms with van der Waals surface area (Å²) in [5.41, 5.74) is -0.555. The minimum atomic E-state index is -4.40. The number of aliphatic carboxylic acids is 1. The molecule has 0 bridgehead atoms. The van der Waals surface area contributed by atoms with E-state index in [4.69, 9.17) is 0 Å². The Morgan fingerprint density at radius 3 is 2.46 bits per heavy atom. The van der Waals surface area contributed by atoms with Crippen molar-refractivity contribution >= 4 is 5.97 Å².